The summed E-state index contributed by atoms with van der Waals surface area (Å²) in [5, 5.41) is 10.2. The molecule has 0 saturated heterocycles. The normalized spacial score (nSPS) is 13.2. The van der Waals surface area contributed by atoms with Gasteiger partial charge in [-0.1, -0.05) is 170 Å². The summed E-state index contributed by atoms with van der Waals surface area (Å²) in [6, 6.07) is 82.2. The second kappa shape index (κ2) is 13.0. The Bertz CT molecular complexity index is 3490. The first-order chi connectivity index (χ1) is 30.3. The minimum absolute atomic E-state index is 0.589. The number of anilines is 3. The molecule has 2 nitrogen and oxygen atoms in total. The minimum atomic E-state index is -0.589. The molecule has 11 aromatic rings. The Morgan fingerprint density at radius 3 is 1.52 bits per heavy atom. The third-order valence-electron chi connectivity index (χ3n) is 13.3. The van der Waals surface area contributed by atoms with Crippen molar-refractivity contribution in [3.8, 4) is 33.8 Å². The van der Waals surface area contributed by atoms with E-state index >= 15 is 0 Å². The Morgan fingerprint density at radius 1 is 0.311 bits per heavy atom. The Labute approximate surface area is 354 Å². The third kappa shape index (κ3) is 4.85. The van der Waals surface area contributed by atoms with Crippen molar-refractivity contribution in [2.45, 2.75) is 5.41 Å². The molecule has 2 heteroatoms. The highest BCUT2D eigenvalue weighted by Crippen LogP contribution is 2.63. The fourth-order valence-electron chi connectivity index (χ4n) is 10.7. The summed E-state index contributed by atoms with van der Waals surface area (Å²) < 4.78 is 6.70. The van der Waals surface area contributed by atoms with Crippen LogP contribution in [0.4, 0.5) is 17.1 Å². The van der Waals surface area contributed by atoms with E-state index in [9.17, 15) is 0 Å². The Hall–Kier alpha value is -7.94. The molecule has 0 N–H and O–H groups in total. The molecule has 0 saturated carbocycles. The largest absolute Gasteiger partial charge is 0.457 e. The van der Waals surface area contributed by atoms with Gasteiger partial charge in [0, 0.05) is 28.2 Å². The van der Waals surface area contributed by atoms with Crippen LogP contribution in [0, 0.1) is 0 Å². The zero-order valence-corrected chi connectivity index (χ0v) is 33.2. The number of hydrogen-bond donors (Lipinski definition) is 0. The second-order valence-corrected chi connectivity index (χ2v) is 16.4. The number of benzene rings is 11. The number of nitrogens with zero attached hydrogens (tertiary/aromatic N) is 1. The maximum atomic E-state index is 6.70. The molecule has 13 rings (SSSR count). The summed E-state index contributed by atoms with van der Waals surface area (Å²) in [5.41, 5.74) is 12.5. The van der Waals surface area contributed by atoms with Gasteiger partial charge >= 0.3 is 0 Å². The third-order valence-corrected chi connectivity index (χ3v) is 13.3. The lowest BCUT2D eigenvalue weighted by Gasteiger charge is -2.39. The van der Waals surface area contributed by atoms with Gasteiger partial charge in [-0.05, 0) is 131 Å². The molecule has 61 heavy (non-hydrogen) atoms. The average molecular weight is 776 g/mol. The standard InChI is InChI=1S/C59H37NO/c1-2-15-41(16-3-1)60(42-30-26-38(27-31-42)40-28-33-49-47-20-7-6-18-45(47)46-19-8-9-21-48(46)51(49)36-40)43-32-34-50-55(37-43)59(54-35-29-39-14-4-5-17-44(39)58(50)54)52-22-10-12-24-56(52)61-57-25-13-11-23-53(57)59/h1-37H. The van der Waals surface area contributed by atoms with Gasteiger partial charge < -0.3 is 9.64 Å². The van der Waals surface area contributed by atoms with E-state index in [2.05, 4.69) is 229 Å². The van der Waals surface area contributed by atoms with Crippen molar-refractivity contribution in [3.63, 3.8) is 0 Å². The van der Waals surface area contributed by atoms with Gasteiger partial charge in [-0.3, -0.25) is 0 Å². The predicted molar refractivity (Wildman–Crippen MR) is 254 cm³/mol. The van der Waals surface area contributed by atoms with Crippen LogP contribution in [-0.2, 0) is 5.41 Å². The summed E-state index contributed by atoms with van der Waals surface area (Å²) in [6.45, 7) is 0. The van der Waals surface area contributed by atoms with Crippen molar-refractivity contribution in [2.24, 2.45) is 0 Å². The quantitative estimate of drug-likeness (QED) is 0.165. The molecule has 0 unspecified atom stereocenters. The Balaban J connectivity index is 1.00. The van der Waals surface area contributed by atoms with Crippen LogP contribution < -0.4 is 9.64 Å². The minimum Gasteiger partial charge on any atom is -0.457 e. The van der Waals surface area contributed by atoms with E-state index in [1.165, 1.54) is 76.5 Å². The first-order valence-electron chi connectivity index (χ1n) is 21.1. The molecule has 2 aliphatic rings. The highest BCUT2D eigenvalue weighted by molar-refractivity contribution is 6.25. The van der Waals surface area contributed by atoms with E-state index < -0.39 is 5.41 Å². The van der Waals surface area contributed by atoms with Crippen LogP contribution in [0.15, 0.2) is 224 Å². The van der Waals surface area contributed by atoms with Gasteiger partial charge in [-0.25, -0.2) is 0 Å². The van der Waals surface area contributed by atoms with Crippen molar-refractivity contribution < 1.29 is 4.74 Å². The van der Waals surface area contributed by atoms with Gasteiger partial charge in [0.25, 0.3) is 0 Å². The summed E-state index contributed by atoms with van der Waals surface area (Å²) in [6.07, 6.45) is 0. The molecule has 0 amide bonds. The molecule has 0 aromatic heterocycles. The monoisotopic (exact) mass is 775 g/mol. The fraction of sp³-hybridized carbons (Fsp3) is 0.0169. The summed E-state index contributed by atoms with van der Waals surface area (Å²) >= 11 is 0. The van der Waals surface area contributed by atoms with E-state index in [1.807, 2.05) is 0 Å². The van der Waals surface area contributed by atoms with Crippen molar-refractivity contribution in [1.29, 1.82) is 0 Å². The van der Waals surface area contributed by atoms with Gasteiger partial charge in [0.1, 0.15) is 11.5 Å². The molecule has 0 atom stereocenters. The Morgan fingerprint density at radius 2 is 0.836 bits per heavy atom. The van der Waals surface area contributed by atoms with Crippen LogP contribution in [0.25, 0.3) is 65.3 Å². The molecular weight excluding hydrogens is 739 g/mol. The summed E-state index contributed by atoms with van der Waals surface area (Å²) in [7, 11) is 0. The van der Waals surface area contributed by atoms with E-state index in [-0.39, 0.29) is 0 Å². The van der Waals surface area contributed by atoms with Crippen LogP contribution in [-0.4, -0.2) is 0 Å². The van der Waals surface area contributed by atoms with E-state index in [0.29, 0.717) is 0 Å². The van der Waals surface area contributed by atoms with Gasteiger partial charge in [0.2, 0.25) is 0 Å². The van der Waals surface area contributed by atoms with E-state index in [4.69, 9.17) is 4.74 Å². The van der Waals surface area contributed by atoms with Crippen LogP contribution in [0.1, 0.15) is 22.3 Å². The predicted octanol–water partition coefficient (Wildman–Crippen LogP) is 15.9. The lowest BCUT2D eigenvalue weighted by Crippen LogP contribution is -2.32. The van der Waals surface area contributed by atoms with Crippen LogP contribution in [0.2, 0.25) is 0 Å². The molecule has 284 valence electrons. The number of hydrogen-bond acceptors (Lipinski definition) is 2. The zero-order valence-electron chi connectivity index (χ0n) is 33.2. The SMILES string of the molecule is c1ccc(N(c2ccc(-c3ccc4c5ccccc5c5ccccc5c4c3)cc2)c2ccc3c(c2)C2(c4ccccc4Oc4ccccc42)c2ccc4ccccc4c2-3)cc1. The molecule has 1 aliphatic heterocycles. The number of ether oxygens (including phenoxy) is 1. The maximum Gasteiger partial charge on any atom is 0.132 e. The van der Waals surface area contributed by atoms with E-state index in [0.717, 1.165) is 39.7 Å². The van der Waals surface area contributed by atoms with Crippen LogP contribution >= 0.6 is 0 Å². The van der Waals surface area contributed by atoms with Crippen molar-refractivity contribution in [3.05, 3.63) is 247 Å². The molecule has 11 aromatic carbocycles. The molecular formula is C59H37NO. The Kier molecular flexibility index (Phi) is 7.26. The van der Waals surface area contributed by atoms with Gasteiger partial charge in [0.15, 0.2) is 0 Å². The molecule has 1 heterocycles. The number of rotatable bonds is 4. The van der Waals surface area contributed by atoms with Gasteiger partial charge in [0.05, 0.1) is 5.41 Å². The number of fused-ring (bicyclic) bond motifs is 17. The molecule has 0 fully saturated rings. The van der Waals surface area contributed by atoms with Crippen molar-refractivity contribution >= 4 is 60.2 Å². The fourth-order valence-corrected chi connectivity index (χ4v) is 10.7. The average Bonchev–Trinajstić information content (AvgIpc) is 3.62. The summed E-state index contributed by atoms with van der Waals surface area (Å²) in [5.74, 6) is 1.79. The second-order valence-electron chi connectivity index (χ2n) is 16.4. The molecule has 1 spiro atoms. The maximum absolute atomic E-state index is 6.70. The first-order valence-corrected chi connectivity index (χ1v) is 21.1. The lowest BCUT2D eigenvalue weighted by molar-refractivity contribution is 0.436. The van der Waals surface area contributed by atoms with Crippen molar-refractivity contribution in [2.75, 3.05) is 4.90 Å². The van der Waals surface area contributed by atoms with Gasteiger partial charge in [-0.15, -0.1) is 0 Å². The van der Waals surface area contributed by atoms with Crippen LogP contribution in [0.5, 0.6) is 11.5 Å². The topological polar surface area (TPSA) is 12.5 Å². The van der Waals surface area contributed by atoms with Crippen molar-refractivity contribution in [1.82, 2.24) is 0 Å². The smallest absolute Gasteiger partial charge is 0.132 e. The summed E-state index contributed by atoms with van der Waals surface area (Å²) in [4.78, 5) is 2.40. The highest BCUT2D eigenvalue weighted by atomic mass is 16.5. The van der Waals surface area contributed by atoms with E-state index in [1.54, 1.807) is 0 Å². The van der Waals surface area contributed by atoms with Crippen LogP contribution in [0.3, 0.4) is 0 Å². The number of para-hydroxylation sites is 3. The highest BCUT2D eigenvalue weighted by Gasteiger charge is 2.51. The molecule has 0 radical (unpaired) electrons. The van der Waals surface area contributed by atoms with Gasteiger partial charge in [-0.2, -0.15) is 0 Å². The molecule has 1 aliphatic carbocycles. The first kappa shape index (κ1) is 34.0. The molecule has 0 bridgehead atoms. The lowest BCUT2D eigenvalue weighted by atomic mass is 9.66. The zero-order chi connectivity index (χ0) is 40.1.